The fourth-order valence-electron chi connectivity index (χ4n) is 1.97. The molecule has 5 heteroatoms. The highest BCUT2D eigenvalue weighted by Gasteiger charge is 2.20. The van der Waals surface area contributed by atoms with Crippen LogP contribution in [0.3, 0.4) is 0 Å². The van der Waals surface area contributed by atoms with Crippen LogP contribution in [-0.2, 0) is 6.54 Å². The van der Waals surface area contributed by atoms with E-state index in [-0.39, 0.29) is 5.76 Å². The molecule has 1 unspecified atom stereocenters. The van der Waals surface area contributed by atoms with Crippen LogP contribution >= 0.6 is 11.8 Å². The predicted molar refractivity (Wildman–Crippen MR) is 67.5 cm³/mol. The van der Waals surface area contributed by atoms with Crippen LogP contribution in [0.5, 0.6) is 0 Å². The van der Waals surface area contributed by atoms with Crippen LogP contribution in [-0.4, -0.2) is 40.1 Å². The molecule has 0 radical (unpaired) electrons. The molecule has 0 spiro atoms. The Labute approximate surface area is 105 Å². The van der Waals surface area contributed by atoms with Crippen molar-refractivity contribution >= 4 is 17.7 Å². The Morgan fingerprint density at radius 3 is 3.12 bits per heavy atom. The topological polar surface area (TPSA) is 53.7 Å². The average Bonchev–Trinajstić information content (AvgIpc) is 2.78. The highest BCUT2D eigenvalue weighted by atomic mass is 32.2. The lowest BCUT2D eigenvalue weighted by molar-refractivity contribution is 0.0658. The van der Waals surface area contributed by atoms with E-state index in [0.29, 0.717) is 11.8 Å². The van der Waals surface area contributed by atoms with E-state index in [2.05, 4.69) is 11.8 Å². The smallest absolute Gasteiger partial charge is 0.371 e. The number of carboxylic acids is 1. The average molecular weight is 255 g/mol. The van der Waals surface area contributed by atoms with Crippen molar-refractivity contribution in [1.82, 2.24) is 4.90 Å². The largest absolute Gasteiger partial charge is 0.475 e. The van der Waals surface area contributed by atoms with Crippen molar-refractivity contribution in [3.8, 4) is 0 Å². The van der Waals surface area contributed by atoms with Crippen LogP contribution in [0.1, 0.15) is 29.7 Å². The lowest BCUT2D eigenvalue weighted by Gasteiger charge is -2.31. The molecule has 1 aliphatic heterocycles. The van der Waals surface area contributed by atoms with Crippen LogP contribution in [0, 0.1) is 0 Å². The SMILES string of the molecule is CCC1CN(Cc2ccc(C(=O)O)o2)CCS1. The normalized spacial score (nSPS) is 21.6. The number of nitrogens with zero attached hydrogens (tertiary/aromatic N) is 1. The first-order valence-corrected chi connectivity index (χ1v) is 6.90. The van der Waals surface area contributed by atoms with Crippen LogP contribution < -0.4 is 0 Å². The summed E-state index contributed by atoms with van der Waals surface area (Å²) in [6.07, 6.45) is 1.18. The first kappa shape index (κ1) is 12.5. The summed E-state index contributed by atoms with van der Waals surface area (Å²) in [6, 6.07) is 3.28. The fraction of sp³-hybridized carbons (Fsp3) is 0.583. The third-order valence-corrected chi connectivity index (χ3v) is 4.30. The molecule has 2 heterocycles. The van der Waals surface area contributed by atoms with Crippen LogP contribution in [0.4, 0.5) is 0 Å². The van der Waals surface area contributed by atoms with E-state index in [1.165, 1.54) is 12.5 Å². The van der Waals surface area contributed by atoms with Crippen molar-refractivity contribution in [1.29, 1.82) is 0 Å². The molecule has 2 rings (SSSR count). The second-order valence-corrected chi connectivity index (χ2v) is 5.62. The van der Waals surface area contributed by atoms with E-state index in [4.69, 9.17) is 9.52 Å². The summed E-state index contributed by atoms with van der Waals surface area (Å²) < 4.78 is 5.27. The summed E-state index contributed by atoms with van der Waals surface area (Å²) in [5, 5.41) is 9.47. The Hall–Kier alpha value is -0.940. The summed E-state index contributed by atoms with van der Waals surface area (Å²) in [6.45, 7) is 5.02. The summed E-state index contributed by atoms with van der Waals surface area (Å²) >= 11 is 2.02. The molecular weight excluding hydrogens is 238 g/mol. The van der Waals surface area contributed by atoms with Crippen molar-refractivity contribution in [2.24, 2.45) is 0 Å². The number of thioether (sulfide) groups is 1. The van der Waals surface area contributed by atoms with Gasteiger partial charge in [-0.1, -0.05) is 6.92 Å². The Balaban J connectivity index is 1.93. The maximum absolute atomic E-state index is 10.7. The van der Waals surface area contributed by atoms with E-state index >= 15 is 0 Å². The highest BCUT2D eigenvalue weighted by molar-refractivity contribution is 8.00. The zero-order chi connectivity index (χ0) is 12.3. The number of carboxylic acid groups (broad SMARTS) is 1. The monoisotopic (exact) mass is 255 g/mol. The van der Waals surface area contributed by atoms with E-state index < -0.39 is 5.97 Å². The van der Waals surface area contributed by atoms with Gasteiger partial charge in [0.15, 0.2) is 0 Å². The second-order valence-electron chi connectivity index (χ2n) is 4.21. The second kappa shape index (κ2) is 5.60. The van der Waals surface area contributed by atoms with Gasteiger partial charge in [0.05, 0.1) is 6.54 Å². The van der Waals surface area contributed by atoms with Crippen LogP contribution in [0.25, 0.3) is 0 Å². The summed E-state index contributed by atoms with van der Waals surface area (Å²) in [5.41, 5.74) is 0. The molecule has 0 amide bonds. The lowest BCUT2D eigenvalue weighted by Crippen LogP contribution is -2.36. The molecule has 4 nitrogen and oxygen atoms in total. The van der Waals surface area contributed by atoms with E-state index in [9.17, 15) is 4.79 Å². The van der Waals surface area contributed by atoms with Gasteiger partial charge >= 0.3 is 5.97 Å². The third-order valence-electron chi connectivity index (χ3n) is 2.93. The van der Waals surface area contributed by atoms with Gasteiger partial charge in [0.25, 0.3) is 0 Å². The van der Waals surface area contributed by atoms with Crippen molar-refractivity contribution in [2.45, 2.75) is 25.1 Å². The van der Waals surface area contributed by atoms with Gasteiger partial charge in [0.2, 0.25) is 5.76 Å². The maximum Gasteiger partial charge on any atom is 0.371 e. The molecule has 0 bridgehead atoms. The minimum Gasteiger partial charge on any atom is -0.475 e. The summed E-state index contributed by atoms with van der Waals surface area (Å²) in [7, 11) is 0. The van der Waals surface area contributed by atoms with Crippen LogP contribution in [0.2, 0.25) is 0 Å². The van der Waals surface area contributed by atoms with Gasteiger partial charge in [-0.25, -0.2) is 4.79 Å². The molecular formula is C12H17NO3S. The molecule has 1 aliphatic rings. The quantitative estimate of drug-likeness (QED) is 0.894. The predicted octanol–water partition coefficient (Wildman–Crippen LogP) is 2.31. The maximum atomic E-state index is 10.7. The fourth-order valence-corrected chi connectivity index (χ4v) is 3.22. The van der Waals surface area contributed by atoms with Crippen molar-refractivity contribution in [2.75, 3.05) is 18.8 Å². The third kappa shape index (κ3) is 3.26. The molecule has 1 fully saturated rings. The Morgan fingerprint density at radius 2 is 2.47 bits per heavy atom. The first-order valence-electron chi connectivity index (χ1n) is 5.85. The summed E-state index contributed by atoms with van der Waals surface area (Å²) in [4.78, 5) is 13.0. The number of furan rings is 1. The van der Waals surface area contributed by atoms with Crippen molar-refractivity contribution < 1.29 is 14.3 Å². The molecule has 94 valence electrons. The van der Waals surface area contributed by atoms with Gasteiger partial charge in [-0.3, -0.25) is 4.90 Å². The van der Waals surface area contributed by atoms with Crippen molar-refractivity contribution in [3.05, 3.63) is 23.7 Å². The van der Waals surface area contributed by atoms with Crippen molar-refractivity contribution in [3.63, 3.8) is 0 Å². The molecule has 1 aromatic rings. The minimum atomic E-state index is -1.00. The standard InChI is InChI=1S/C12H17NO3S/c1-2-10-8-13(5-6-17-10)7-9-3-4-11(16-9)12(14)15/h3-4,10H,2,5-8H2,1H3,(H,14,15). The zero-order valence-corrected chi connectivity index (χ0v) is 10.7. The lowest BCUT2D eigenvalue weighted by atomic mass is 10.3. The Morgan fingerprint density at radius 1 is 1.65 bits per heavy atom. The van der Waals surface area contributed by atoms with Gasteiger partial charge in [0.1, 0.15) is 5.76 Å². The van der Waals surface area contributed by atoms with Gasteiger partial charge in [-0.2, -0.15) is 11.8 Å². The molecule has 1 N–H and O–H groups in total. The molecule has 1 atom stereocenters. The highest BCUT2D eigenvalue weighted by Crippen LogP contribution is 2.22. The number of rotatable bonds is 4. The number of aromatic carboxylic acids is 1. The molecule has 0 aromatic carbocycles. The molecule has 17 heavy (non-hydrogen) atoms. The van der Waals surface area contributed by atoms with Gasteiger partial charge < -0.3 is 9.52 Å². The minimum absolute atomic E-state index is 0.0263. The molecule has 0 saturated carbocycles. The molecule has 1 saturated heterocycles. The van der Waals surface area contributed by atoms with Gasteiger partial charge in [-0.05, 0) is 18.6 Å². The first-order chi connectivity index (χ1) is 8.19. The van der Waals surface area contributed by atoms with E-state index in [1.54, 1.807) is 6.07 Å². The Bertz CT molecular complexity index is 391. The molecule has 1 aromatic heterocycles. The summed E-state index contributed by atoms with van der Waals surface area (Å²) in [5.74, 6) is 0.907. The molecule has 0 aliphatic carbocycles. The van der Waals surface area contributed by atoms with E-state index in [1.807, 2.05) is 11.8 Å². The number of carbonyl (C=O) groups is 1. The number of hydrogen-bond donors (Lipinski definition) is 1. The van der Waals surface area contributed by atoms with Gasteiger partial charge in [0, 0.05) is 24.1 Å². The van der Waals surface area contributed by atoms with E-state index in [0.717, 1.165) is 24.6 Å². The zero-order valence-electron chi connectivity index (χ0n) is 9.89. The van der Waals surface area contributed by atoms with Gasteiger partial charge in [-0.15, -0.1) is 0 Å². The Kier molecular flexibility index (Phi) is 4.12. The number of hydrogen-bond acceptors (Lipinski definition) is 4. The van der Waals surface area contributed by atoms with Crippen LogP contribution in [0.15, 0.2) is 16.5 Å².